The van der Waals surface area contributed by atoms with Crippen LogP contribution in [0.5, 0.6) is 0 Å². The minimum Gasteiger partial charge on any atom is -0.394 e. The van der Waals surface area contributed by atoms with Crippen LogP contribution in [0.25, 0.3) is 0 Å². The first-order chi connectivity index (χ1) is 10.5. The highest BCUT2D eigenvalue weighted by Crippen LogP contribution is 2.32. The number of hydrogen-bond acceptors (Lipinski definition) is 3. The third kappa shape index (κ3) is 3.78. The summed E-state index contributed by atoms with van der Waals surface area (Å²) in [5.41, 5.74) is 0.151. The number of carbonyl (C=O) groups excluding carboxylic acids is 2. The lowest BCUT2D eigenvalue weighted by Crippen LogP contribution is -2.51. The van der Waals surface area contributed by atoms with Crippen LogP contribution in [0.2, 0.25) is 5.02 Å². The van der Waals surface area contributed by atoms with Crippen molar-refractivity contribution < 1.29 is 14.7 Å². The first kappa shape index (κ1) is 16.8. The summed E-state index contributed by atoms with van der Waals surface area (Å²) in [5, 5.41) is 13.2. The van der Waals surface area contributed by atoms with Crippen LogP contribution in [-0.2, 0) is 16.1 Å². The van der Waals surface area contributed by atoms with E-state index in [1.807, 2.05) is 12.1 Å². The Morgan fingerprint density at radius 3 is 2.86 bits per heavy atom. The van der Waals surface area contributed by atoms with Crippen LogP contribution in [0.15, 0.2) is 24.3 Å². The van der Waals surface area contributed by atoms with Gasteiger partial charge in [0.05, 0.1) is 18.6 Å². The summed E-state index contributed by atoms with van der Waals surface area (Å²) in [6, 6.07) is 7.27. The Kier molecular flexibility index (Phi) is 5.42. The van der Waals surface area contributed by atoms with Gasteiger partial charge < -0.3 is 15.3 Å². The molecule has 1 aliphatic heterocycles. The summed E-state index contributed by atoms with van der Waals surface area (Å²) in [5.74, 6) is -0.281. The molecular weight excluding hydrogens is 304 g/mol. The third-order valence-corrected chi connectivity index (χ3v) is 4.37. The van der Waals surface area contributed by atoms with Gasteiger partial charge >= 0.3 is 0 Å². The van der Waals surface area contributed by atoms with Crippen molar-refractivity contribution in [2.24, 2.45) is 0 Å². The monoisotopic (exact) mass is 324 g/mol. The van der Waals surface area contributed by atoms with E-state index in [1.54, 1.807) is 17.0 Å². The lowest BCUT2D eigenvalue weighted by atomic mass is 9.92. The average molecular weight is 325 g/mol. The van der Waals surface area contributed by atoms with Crippen molar-refractivity contribution in [1.82, 2.24) is 10.2 Å². The van der Waals surface area contributed by atoms with E-state index in [2.05, 4.69) is 5.32 Å². The zero-order valence-corrected chi connectivity index (χ0v) is 13.4. The summed E-state index contributed by atoms with van der Waals surface area (Å²) in [4.78, 5) is 25.5. The molecule has 1 fully saturated rings. The molecule has 0 spiro atoms. The maximum absolute atomic E-state index is 12.2. The van der Waals surface area contributed by atoms with Crippen LogP contribution in [0.4, 0.5) is 0 Å². The first-order valence-corrected chi connectivity index (χ1v) is 7.75. The summed E-state index contributed by atoms with van der Waals surface area (Å²) in [6.07, 6.45) is 1.57. The number of likely N-dealkylation sites (tertiary alicyclic amines) is 1. The first-order valence-electron chi connectivity index (χ1n) is 7.37. The highest BCUT2D eigenvalue weighted by Gasteiger charge is 2.43. The van der Waals surface area contributed by atoms with Crippen LogP contribution >= 0.6 is 11.6 Å². The van der Waals surface area contributed by atoms with Gasteiger partial charge in [-0.1, -0.05) is 23.7 Å². The van der Waals surface area contributed by atoms with Gasteiger partial charge in [-0.25, -0.2) is 0 Å². The molecule has 0 aromatic heterocycles. The van der Waals surface area contributed by atoms with Gasteiger partial charge in [0.25, 0.3) is 0 Å². The Morgan fingerprint density at radius 1 is 1.45 bits per heavy atom. The van der Waals surface area contributed by atoms with E-state index >= 15 is 0 Å². The average Bonchev–Trinajstić information content (AvgIpc) is 2.89. The normalized spacial score (nSPS) is 21.0. The standard InChI is InChI=1S/C16H21ClN2O3/c1-12(21)19-7-3-6-16(19,11-20)9-15(22)18-10-13-4-2-5-14(17)8-13/h2,4-5,8,20H,3,6-7,9-11H2,1H3,(H,18,22). The molecule has 0 aliphatic carbocycles. The molecule has 1 atom stereocenters. The van der Waals surface area contributed by atoms with Crippen molar-refractivity contribution in [1.29, 1.82) is 0 Å². The fourth-order valence-electron chi connectivity index (χ4n) is 3.04. The Labute approximate surface area is 135 Å². The number of halogens is 1. The van der Waals surface area contributed by atoms with Gasteiger partial charge in [0.15, 0.2) is 0 Å². The Bertz CT molecular complexity index is 564. The van der Waals surface area contributed by atoms with Crippen molar-refractivity contribution in [3.05, 3.63) is 34.9 Å². The molecule has 2 N–H and O–H groups in total. The number of nitrogens with one attached hydrogen (secondary N) is 1. The summed E-state index contributed by atoms with van der Waals surface area (Å²) >= 11 is 5.91. The number of benzene rings is 1. The van der Waals surface area contributed by atoms with Crippen molar-refractivity contribution in [2.75, 3.05) is 13.2 Å². The molecule has 1 aromatic rings. The molecule has 2 rings (SSSR count). The molecular formula is C16H21ClN2O3. The maximum Gasteiger partial charge on any atom is 0.222 e. The zero-order valence-electron chi connectivity index (χ0n) is 12.6. The molecule has 1 heterocycles. The maximum atomic E-state index is 12.2. The molecule has 120 valence electrons. The molecule has 1 saturated heterocycles. The lowest BCUT2D eigenvalue weighted by Gasteiger charge is -2.36. The van der Waals surface area contributed by atoms with Crippen LogP contribution < -0.4 is 5.32 Å². The summed E-state index contributed by atoms with van der Waals surface area (Å²) < 4.78 is 0. The molecule has 0 radical (unpaired) electrons. The number of aliphatic hydroxyl groups is 1. The number of nitrogens with zero attached hydrogens (tertiary/aromatic N) is 1. The molecule has 1 unspecified atom stereocenters. The van der Waals surface area contributed by atoms with Gasteiger partial charge in [-0.05, 0) is 30.5 Å². The molecule has 5 nitrogen and oxygen atoms in total. The zero-order chi connectivity index (χ0) is 16.2. The molecule has 0 bridgehead atoms. The van der Waals surface area contributed by atoms with E-state index in [1.165, 1.54) is 6.92 Å². The number of rotatable bonds is 5. The van der Waals surface area contributed by atoms with E-state index in [0.717, 1.165) is 12.0 Å². The highest BCUT2D eigenvalue weighted by molar-refractivity contribution is 6.30. The highest BCUT2D eigenvalue weighted by atomic mass is 35.5. The third-order valence-electron chi connectivity index (χ3n) is 4.14. The Morgan fingerprint density at radius 2 is 2.23 bits per heavy atom. The minimum atomic E-state index is -0.760. The molecule has 2 amide bonds. The summed E-state index contributed by atoms with van der Waals surface area (Å²) in [6.45, 7) is 2.25. The second-order valence-electron chi connectivity index (χ2n) is 5.74. The number of aliphatic hydroxyl groups excluding tert-OH is 1. The van der Waals surface area contributed by atoms with E-state index in [-0.39, 0.29) is 24.8 Å². The summed E-state index contributed by atoms with van der Waals surface area (Å²) in [7, 11) is 0. The second kappa shape index (κ2) is 7.11. The molecule has 22 heavy (non-hydrogen) atoms. The molecule has 1 aromatic carbocycles. The van der Waals surface area contributed by atoms with E-state index in [4.69, 9.17) is 11.6 Å². The Balaban J connectivity index is 1.96. The predicted octanol–water partition coefficient (Wildman–Crippen LogP) is 1.72. The second-order valence-corrected chi connectivity index (χ2v) is 6.18. The number of amides is 2. The topological polar surface area (TPSA) is 69.6 Å². The van der Waals surface area contributed by atoms with Crippen LogP contribution in [0, 0.1) is 0 Å². The van der Waals surface area contributed by atoms with Gasteiger partial charge in [-0.3, -0.25) is 9.59 Å². The predicted molar refractivity (Wildman–Crippen MR) is 84.4 cm³/mol. The Hall–Kier alpha value is -1.59. The smallest absolute Gasteiger partial charge is 0.222 e. The van der Waals surface area contributed by atoms with Crippen molar-refractivity contribution in [2.45, 2.75) is 38.3 Å². The fraction of sp³-hybridized carbons (Fsp3) is 0.500. The minimum absolute atomic E-state index is 0.103. The largest absolute Gasteiger partial charge is 0.394 e. The van der Waals surface area contributed by atoms with Crippen LogP contribution in [0.3, 0.4) is 0 Å². The van der Waals surface area contributed by atoms with Crippen LogP contribution in [-0.4, -0.2) is 40.5 Å². The number of hydrogen-bond donors (Lipinski definition) is 2. The van der Waals surface area contributed by atoms with Crippen LogP contribution in [0.1, 0.15) is 31.7 Å². The number of carbonyl (C=O) groups is 2. The molecule has 6 heteroatoms. The van der Waals surface area contributed by atoms with Crippen molar-refractivity contribution in [3.8, 4) is 0 Å². The van der Waals surface area contributed by atoms with Crippen molar-refractivity contribution >= 4 is 23.4 Å². The van der Waals surface area contributed by atoms with Gasteiger partial charge in [0.1, 0.15) is 0 Å². The SMILES string of the molecule is CC(=O)N1CCCC1(CO)CC(=O)NCc1cccc(Cl)c1. The van der Waals surface area contributed by atoms with Gasteiger partial charge in [0.2, 0.25) is 11.8 Å². The van der Waals surface area contributed by atoms with Crippen molar-refractivity contribution in [3.63, 3.8) is 0 Å². The van der Waals surface area contributed by atoms with E-state index < -0.39 is 5.54 Å². The molecule has 0 saturated carbocycles. The van der Waals surface area contributed by atoms with E-state index in [9.17, 15) is 14.7 Å². The fourth-order valence-corrected chi connectivity index (χ4v) is 3.26. The quantitative estimate of drug-likeness (QED) is 0.866. The van der Waals surface area contributed by atoms with Gasteiger partial charge in [-0.15, -0.1) is 0 Å². The van der Waals surface area contributed by atoms with E-state index in [0.29, 0.717) is 24.5 Å². The lowest BCUT2D eigenvalue weighted by molar-refractivity contribution is -0.137. The molecule has 1 aliphatic rings. The van der Waals surface area contributed by atoms with Gasteiger partial charge in [0, 0.05) is 25.0 Å². The van der Waals surface area contributed by atoms with Gasteiger partial charge in [-0.2, -0.15) is 0 Å².